The van der Waals surface area contributed by atoms with Crippen LogP contribution < -0.4 is 0 Å². The van der Waals surface area contributed by atoms with Crippen LogP contribution in [0.4, 0.5) is 0 Å². The molecule has 14 heavy (non-hydrogen) atoms. The molecule has 0 heterocycles. The van der Waals surface area contributed by atoms with Gasteiger partial charge in [0.05, 0.1) is 0 Å². The van der Waals surface area contributed by atoms with Gasteiger partial charge in [0.1, 0.15) is 12.6 Å². The summed E-state index contributed by atoms with van der Waals surface area (Å²) in [5.41, 5.74) is -0.0449. The molecule has 0 saturated heterocycles. The standard InChI is InChI=1S/C12H22O2/c1-10(8-14)12(4,5)9-11(2,3)6-7-13/h7-8,10H,6,9H2,1-5H3. The second-order valence-corrected chi connectivity index (χ2v) is 5.63. The molecule has 1 unspecified atom stereocenters. The maximum absolute atomic E-state index is 10.7. The van der Waals surface area contributed by atoms with E-state index in [0.29, 0.717) is 6.42 Å². The van der Waals surface area contributed by atoms with Crippen molar-refractivity contribution in [1.82, 2.24) is 0 Å². The minimum atomic E-state index is -0.0335. The highest BCUT2D eigenvalue weighted by Gasteiger charge is 2.32. The Kier molecular flexibility index (Phi) is 4.50. The van der Waals surface area contributed by atoms with Gasteiger partial charge in [-0.1, -0.05) is 34.6 Å². The minimum absolute atomic E-state index is 0.0114. The van der Waals surface area contributed by atoms with Gasteiger partial charge in [0.15, 0.2) is 0 Å². The fourth-order valence-corrected chi connectivity index (χ4v) is 1.88. The van der Waals surface area contributed by atoms with E-state index in [0.717, 1.165) is 19.0 Å². The van der Waals surface area contributed by atoms with E-state index in [-0.39, 0.29) is 16.7 Å². The quantitative estimate of drug-likeness (QED) is 0.615. The van der Waals surface area contributed by atoms with Gasteiger partial charge in [-0.25, -0.2) is 0 Å². The van der Waals surface area contributed by atoms with Crippen LogP contribution in [0.5, 0.6) is 0 Å². The highest BCUT2D eigenvalue weighted by Crippen LogP contribution is 2.39. The first-order chi connectivity index (χ1) is 6.25. The van der Waals surface area contributed by atoms with E-state index in [4.69, 9.17) is 0 Å². The first-order valence-corrected chi connectivity index (χ1v) is 5.14. The molecule has 0 aromatic heterocycles. The van der Waals surface area contributed by atoms with Crippen LogP contribution in [0.2, 0.25) is 0 Å². The lowest BCUT2D eigenvalue weighted by atomic mass is 9.68. The van der Waals surface area contributed by atoms with Crippen molar-refractivity contribution >= 4 is 12.6 Å². The minimum Gasteiger partial charge on any atom is -0.303 e. The topological polar surface area (TPSA) is 34.1 Å². The van der Waals surface area contributed by atoms with Crippen molar-refractivity contribution in [2.75, 3.05) is 0 Å². The average molecular weight is 198 g/mol. The van der Waals surface area contributed by atoms with E-state index in [2.05, 4.69) is 27.7 Å². The summed E-state index contributed by atoms with van der Waals surface area (Å²) in [6.07, 6.45) is 3.40. The van der Waals surface area contributed by atoms with Gasteiger partial charge in [-0.3, -0.25) is 0 Å². The summed E-state index contributed by atoms with van der Waals surface area (Å²) in [7, 11) is 0. The molecule has 0 fully saturated rings. The SMILES string of the molecule is CC(C=O)C(C)(C)CC(C)(C)CC=O. The van der Waals surface area contributed by atoms with E-state index in [1.807, 2.05) is 6.92 Å². The molecule has 2 heteroatoms. The number of carbonyl (C=O) groups is 2. The zero-order chi connectivity index (χ0) is 11.4. The van der Waals surface area contributed by atoms with Crippen molar-refractivity contribution in [2.24, 2.45) is 16.7 Å². The highest BCUT2D eigenvalue weighted by atomic mass is 16.1. The molecule has 0 rings (SSSR count). The van der Waals surface area contributed by atoms with Crippen LogP contribution in [-0.2, 0) is 9.59 Å². The summed E-state index contributed by atoms with van der Waals surface area (Å²) >= 11 is 0. The maximum atomic E-state index is 10.7. The Bertz CT molecular complexity index is 204. The largest absolute Gasteiger partial charge is 0.303 e. The molecule has 0 aromatic rings. The highest BCUT2D eigenvalue weighted by molar-refractivity contribution is 5.54. The van der Waals surface area contributed by atoms with Crippen molar-refractivity contribution in [3.05, 3.63) is 0 Å². The number of carbonyl (C=O) groups excluding carboxylic acids is 2. The van der Waals surface area contributed by atoms with E-state index in [1.165, 1.54) is 0 Å². The third-order valence-electron chi connectivity index (χ3n) is 3.01. The molecule has 0 saturated carbocycles. The second kappa shape index (κ2) is 4.72. The summed E-state index contributed by atoms with van der Waals surface area (Å²) in [6.45, 7) is 10.2. The van der Waals surface area contributed by atoms with E-state index >= 15 is 0 Å². The Morgan fingerprint density at radius 1 is 1.14 bits per heavy atom. The molecule has 0 aliphatic heterocycles. The van der Waals surface area contributed by atoms with Crippen molar-refractivity contribution in [2.45, 2.75) is 47.5 Å². The van der Waals surface area contributed by atoms with Crippen LogP contribution in [-0.4, -0.2) is 12.6 Å². The van der Waals surface area contributed by atoms with Crippen LogP contribution in [0, 0.1) is 16.7 Å². The summed E-state index contributed by atoms with van der Waals surface area (Å²) in [5, 5.41) is 0. The molecule has 0 aliphatic carbocycles. The van der Waals surface area contributed by atoms with E-state index in [1.54, 1.807) is 0 Å². The normalized spacial score (nSPS) is 14.9. The van der Waals surface area contributed by atoms with Gasteiger partial charge >= 0.3 is 0 Å². The summed E-state index contributed by atoms with van der Waals surface area (Å²) in [4.78, 5) is 21.2. The molecule has 0 spiro atoms. The lowest BCUT2D eigenvalue weighted by molar-refractivity contribution is -0.114. The Morgan fingerprint density at radius 3 is 2.00 bits per heavy atom. The van der Waals surface area contributed by atoms with E-state index < -0.39 is 0 Å². The monoisotopic (exact) mass is 198 g/mol. The Labute approximate surface area is 87.1 Å². The maximum Gasteiger partial charge on any atom is 0.123 e. The van der Waals surface area contributed by atoms with Gasteiger partial charge in [0.2, 0.25) is 0 Å². The van der Waals surface area contributed by atoms with Crippen LogP contribution in [0.3, 0.4) is 0 Å². The Hall–Kier alpha value is -0.660. The molecule has 0 amide bonds. The predicted molar refractivity (Wildman–Crippen MR) is 58.1 cm³/mol. The molecule has 0 radical (unpaired) electrons. The third-order valence-corrected chi connectivity index (χ3v) is 3.01. The Balaban J connectivity index is 4.47. The fraction of sp³-hybridized carbons (Fsp3) is 0.833. The molecule has 0 bridgehead atoms. The molecular formula is C12H22O2. The van der Waals surface area contributed by atoms with Gasteiger partial charge in [0.25, 0.3) is 0 Å². The third kappa shape index (κ3) is 4.03. The lowest BCUT2D eigenvalue weighted by Crippen LogP contribution is -2.29. The second-order valence-electron chi connectivity index (χ2n) is 5.63. The zero-order valence-corrected chi connectivity index (χ0v) is 9.96. The summed E-state index contributed by atoms with van der Waals surface area (Å²) < 4.78 is 0. The van der Waals surface area contributed by atoms with E-state index in [9.17, 15) is 9.59 Å². The first kappa shape index (κ1) is 13.3. The van der Waals surface area contributed by atoms with Crippen molar-refractivity contribution < 1.29 is 9.59 Å². The molecule has 0 N–H and O–H groups in total. The van der Waals surface area contributed by atoms with Gasteiger partial charge in [-0.05, 0) is 17.3 Å². The smallest absolute Gasteiger partial charge is 0.123 e. The predicted octanol–water partition coefficient (Wildman–Crippen LogP) is 2.85. The van der Waals surface area contributed by atoms with Crippen LogP contribution in [0.25, 0.3) is 0 Å². The lowest BCUT2D eigenvalue weighted by Gasteiger charge is -2.36. The molecule has 0 aromatic carbocycles. The Morgan fingerprint density at radius 2 is 1.64 bits per heavy atom. The van der Waals surface area contributed by atoms with Gasteiger partial charge in [-0.15, -0.1) is 0 Å². The van der Waals surface area contributed by atoms with Gasteiger partial charge in [0, 0.05) is 12.3 Å². The van der Waals surface area contributed by atoms with Crippen molar-refractivity contribution in [3.63, 3.8) is 0 Å². The van der Waals surface area contributed by atoms with Crippen molar-refractivity contribution in [1.29, 1.82) is 0 Å². The number of rotatable bonds is 6. The van der Waals surface area contributed by atoms with Gasteiger partial charge in [-0.2, -0.15) is 0 Å². The van der Waals surface area contributed by atoms with Crippen molar-refractivity contribution in [3.8, 4) is 0 Å². The van der Waals surface area contributed by atoms with Crippen LogP contribution in [0.1, 0.15) is 47.5 Å². The zero-order valence-electron chi connectivity index (χ0n) is 9.96. The van der Waals surface area contributed by atoms with Gasteiger partial charge < -0.3 is 9.59 Å². The molecule has 1 atom stereocenters. The number of hydrogen-bond donors (Lipinski definition) is 0. The summed E-state index contributed by atoms with van der Waals surface area (Å²) in [6, 6.07) is 0. The first-order valence-electron chi connectivity index (χ1n) is 5.14. The molecule has 2 nitrogen and oxygen atoms in total. The number of hydrogen-bond acceptors (Lipinski definition) is 2. The molecule has 82 valence electrons. The fourth-order valence-electron chi connectivity index (χ4n) is 1.88. The van der Waals surface area contributed by atoms with Crippen LogP contribution >= 0.6 is 0 Å². The van der Waals surface area contributed by atoms with Crippen LogP contribution in [0.15, 0.2) is 0 Å². The number of aldehydes is 2. The summed E-state index contributed by atoms with van der Waals surface area (Å²) in [5.74, 6) is 0.0356. The average Bonchev–Trinajstić information content (AvgIpc) is 2.00. The molecular weight excluding hydrogens is 176 g/mol. The molecule has 0 aliphatic rings.